The van der Waals surface area contributed by atoms with Gasteiger partial charge in [0, 0.05) is 15.4 Å². The first-order valence-corrected chi connectivity index (χ1v) is 8.23. The molecule has 20 heavy (non-hydrogen) atoms. The summed E-state index contributed by atoms with van der Waals surface area (Å²) in [6.07, 6.45) is 6.19. The molecule has 0 saturated carbocycles. The van der Waals surface area contributed by atoms with Crippen molar-refractivity contribution in [3.05, 3.63) is 32.2 Å². The summed E-state index contributed by atoms with van der Waals surface area (Å²) in [4.78, 5) is 10.4. The van der Waals surface area contributed by atoms with Crippen molar-refractivity contribution in [1.29, 1.82) is 5.26 Å². The molecule has 0 unspecified atom stereocenters. The number of carbonyl (C=O) groups is 1. The van der Waals surface area contributed by atoms with E-state index in [1.807, 2.05) is 12.1 Å². The molecule has 0 aromatic heterocycles. The molecule has 0 bridgehead atoms. The molecule has 0 atom stereocenters. The van der Waals surface area contributed by atoms with Gasteiger partial charge in [0.15, 0.2) is 0 Å². The second-order valence-corrected chi connectivity index (χ2v) is 6.40. The van der Waals surface area contributed by atoms with Crippen LogP contribution in [0.2, 0.25) is 0 Å². The predicted molar refractivity (Wildman–Crippen MR) is 85.6 cm³/mol. The second kappa shape index (κ2) is 9.15. The summed E-state index contributed by atoms with van der Waals surface area (Å²) in [6.45, 7) is 0. The van der Waals surface area contributed by atoms with Crippen molar-refractivity contribution in [3.63, 3.8) is 0 Å². The summed E-state index contributed by atoms with van der Waals surface area (Å²) in [5.74, 6) is -0.713. The van der Waals surface area contributed by atoms with Crippen molar-refractivity contribution in [1.82, 2.24) is 0 Å². The van der Waals surface area contributed by atoms with Crippen LogP contribution in [0.25, 0.3) is 0 Å². The van der Waals surface area contributed by atoms with Crippen LogP contribution in [0.5, 0.6) is 0 Å². The van der Waals surface area contributed by atoms with Crippen molar-refractivity contribution in [2.45, 2.75) is 44.9 Å². The second-order valence-electron chi connectivity index (χ2n) is 4.69. The molecule has 1 aromatic carbocycles. The molecule has 0 fully saturated rings. The Bertz CT molecular complexity index is 486. The van der Waals surface area contributed by atoms with E-state index in [1.54, 1.807) is 0 Å². The predicted octanol–water partition coefficient (Wildman–Crippen LogP) is 5.05. The number of nitrogens with zero attached hydrogens (tertiary/aromatic N) is 1. The Morgan fingerprint density at radius 1 is 1.10 bits per heavy atom. The van der Waals surface area contributed by atoms with Gasteiger partial charge >= 0.3 is 5.97 Å². The highest BCUT2D eigenvalue weighted by molar-refractivity contribution is 9.11. The van der Waals surface area contributed by atoms with Crippen molar-refractivity contribution < 1.29 is 9.90 Å². The number of unbranched alkanes of at least 4 members (excludes halogenated alkanes) is 4. The fourth-order valence-corrected chi connectivity index (χ4v) is 3.60. The highest BCUT2D eigenvalue weighted by Crippen LogP contribution is 2.28. The molecule has 0 spiro atoms. The van der Waals surface area contributed by atoms with Crippen LogP contribution in [-0.4, -0.2) is 11.1 Å². The average molecular weight is 403 g/mol. The monoisotopic (exact) mass is 401 g/mol. The molecule has 5 heteroatoms. The highest BCUT2D eigenvalue weighted by atomic mass is 79.9. The van der Waals surface area contributed by atoms with Gasteiger partial charge in [-0.05, 0) is 37.0 Å². The Kier molecular flexibility index (Phi) is 7.86. The molecular formula is C15H17Br2NO2. The van der Waals surface area contributed by atoms with Crippen molar-refractivity contribution in [2.75, 3.05) is 0 Å². The Morgan fingerprint density at radius 3 is 2.20 bits per heavy atom. The molecule has 1 N–H and O–H groups in total. The van der Waals surface area contributed by atoms with Crippen LogP contribution in [0.3, 0.4) is 0 Å². The third-order valence-corrected chi connectivity index (χ3v) is 4.50. The zero-order chi connectivity index (χ0) is 15.0. The van der Waals surface area contributed by atoms with E-state index in [4.69, 9.17) is 10.4 Å². The fraction of sp³-hybridized carbons (Fsp3) is 0.467. The van der Waals surface area contributed by atoms with Crippen LogP contribution in [0.4, 0.5) is 0 Å². The molecule has 0 aliphatic rings. The molecule has 0 aliphatic carbocycles. The first kappa shape index (κ1) is 17.2. The number of rotatable bonds is 8. The van der Waals surface area contributed by atoms with Crippen LogP contribution < -0.4 is 0 Å². The molecule has 1 aromatic rings. The van der Waals surface area contributed by atoms with Crippen LogP contribution in [0, 0.1) is 11.3 Å². The number of benzene rings is 1. The topological polar surface area (TPSA) is 61.1 Å². The number of aliphatic carboxylic acids is 1. The lowest BCUT2D eigenvalue weighted by Crippen LogP contribution is -1.94. The Balaban J connectivity index is 2.32. The van der Waals surface area contributed by atoms with Crippen molar-refractivity contribution >= 4 is 37.8 Å². The Hall–Kier alpha value is -0.860. The zero-order valence-electron chi connectivity index (χ0n) is 11.2. The standard InChI is InChI=1S/C15H17Br2NO2/c16-13-8-11(10-18)9-14(17)12(13)6-4-2-1-3-5-7-15(19)20/h8-9H,1-7H2,(H,19,20). The zero-order valence-corrected chi connectivity index (χ0v) is 14.3. The molecule has 0 radical (unpaired) electrons. The van der Waals surface area contributed by atoms with Crippen LogP contribution in [0.1, 0.15) is 49.7 Å². The summed E-state index contributed by atoms with van der Waals surface area (Å²) in [6, 6.07) is 5.81. The molecular weight excluding hydrogens is 386 g/mol. The lowest BCUT2D eigenvalue weighted by molar-refractivity contribution is -0.137. The van der Waals surface area contributed by atoms with Crippen LogP contribution in [0.15, 0.2) is 21.1 Å². The maximum Gasteiger partial charge on any atom is 0.303 e. The van der Waals surface area contributed by atoms with Crippen LogP contribution in [-0.2, 0) is 11.2 Å². The van der Waals surface area contributed by atoms with Gasteiger partial charge in [-0.1, -0.05) is 51.1 Å². The van der Waals surface area contributed by atoms with Gasteiger partial charge in [-0.15, -0.1) is 0 Å². The van der Waals surface area contributed by atoms with Gasteiger partial charge in [0.2, 0.25) is 0 Å². The van der Waals surface area contributed by atoms with E-state index in [1.165, 1.54) is 5.56 Å². The van der Waals surface area contributed by atoms with Crippen LogP contribution >= 0.6 is 31.9 Å². The lowest BCUT2D eigenvalue weighted by atomic mass is 10.0. The third kappa shape index (κ3) is 6.06. The van der Waals surface area contributed by atoms with Crippen molar-refractivity contribution in [3.8, 4) is 6.07 Å². The number of carboxylic acid groups (broad SMARTS) is 1. The SMILES string of the molecule is N#Cc1cc(Br)c(CCCCCCCC(=O)O)c(Br)c1. The molecule has 1 rings (SSSR count). The van der Waals surface area contributed by atoms with Gasteiger partial charge in [0.25, 0.3) is 0 Å². The average Bonchev–Trinajstić information content (AvgIpc) is 2.39. The first-order valence-electron chi connectivity index (χ1n) is 6.64. The van der Waals surface area contributed by atoms with Gasteiger partial charge in [0.05, 0.1) is 11.6 Å². The lowest BCUT2D eigenvalue weighted by Gasteiger charge is -2.08. The van der Waals surface area contributed by atoms with E-state index in [2.05, 4.69) is 37.9 Å². The summed E-state index contributed by atoms with van der Waals surface area (Å²) in [7, 11) is 0. The number of halogens is 2. The van der Waals surface area contributed by atoms with Crippen molar-refractivity contribution in [2.24, 2.45) is 0 Å². The summed E-state index contributed by atoms with van der Waals surface area (Å²) >= 11 is 7.00. The Labute approximate surface area is 136 Å². The van der Waals surface area contributed by atoms with Gasteiger partial charge in [-0.3, -0.25) is 4.79 Å². The molecule has 108 valence electrons. The van der Waals surface area contributed by atoms with E-state index >= 15 is 0 Å². The van der Waals surface area contributed by atoms with Gasteiger partial charge in [-0.2, -0.15) is 5.26 Å². The van der Waals surface area contributed by atoms with E-state index in [0.717, 1.165) is 47.5 Å². The summed E-state index contributed by atoms with van der Waals surface area (Å²) < 4.78 is 1.93. The van der Waals surface area contributed by atoms with E-state index in [0.29, 0.717) is 5.56 Å². The maximum absolute atomic E-state index is 10.4. The third-order valence-electron chi connectivity index (χ3n) is 3.09. The molecule has 0 amide bonds. The maximum atomic E-state index is 10.4. The fourth-order valence-electron chi connectivity index (χ4n) is 2.01. The molecule has 0 heterocycles. The smallest absolute Gasteiger partial charge is 0.303 e. The number of hydrogen-bond acceptors (Lipinski definition) is 2. The quantitative estimate of drug-likeness (QED) is 0.618. The minimum Gasteiger partial charge on any atom is -0.481 e. The van der Waals surface area contributed by atoms with E-state index < -0.39 is 5.97 Å². The number of carboxylic acids is 1. The first-order chi connectivity index (χ1) is 9.54. The minimum atomic E-state index is -0.713. The summed E-state index contributed by atoms with van der Waals surface area (Å²) in [5.41, 5.74) is 1.83. The largest absolute Gasteiger partial charge is 0.481 e. The van der Waals surface area contributed by atoms with E-state index in [9.17, 15) is 4.79 Å². The summed E-state index contributed by atoms with van der Waals surface area (Å²) in [5, 5.41) is 17.4. The number of nitriles is 1. The van der Waals surface area contributed by atoms with E-state index in [-0.39, 0.29) is 6.42 Å². The normalized spacial score (nSPS) is 10.2. The highest BCUT2D eigenvalue weighted by Gasteiger charge is 2.07. The Morgan fingerprint density at radius 2 is 1.65 bits per heavy atom. The number of hydrogen-bond donors (Lipinski definition) is 1. The minimum absolute atomic E-state index is 0.271. The molecule has 0 aliphatic heterocycles. The molecule has 0 saturated heterocycles. The van der Waals surface area contributed by atoms with Gasteiger partial charge in [0.1, 0.15) is 0 Å². The van der Waals surface area contributed by atoms with Gasteiger partial charge < -0.3 is 5.11 Å². The van der Waals surface area contributed by atoms with Gasteiger partial charge in [-0.25, -0.2) is 0 Å². The molecule has 3 nitrogen and oxygen atoms in total.